The van der Waals surface area contributed by atoms with E-state index in [1.54, 1.807) is 6.21 Å². The van der Waals surface area contributed by atoms with Gasteiger partial charge in [0.2, 0.25) is 5.96 Å². The van der Waals surface area contributed by atoms with Gasteiger partial charge in [0, 0.05) is 5.56 Å². The number of guanidine groups is 1. The number of nitrogens with zero attached hydrogens (tertiary/aromatic N) is 2. The molecular weight excluding hydrogens is 228 g/mol. The fourth-order valence-electron chi connectivity index (χ4n) is 1.64. The highest BCUT2D eigenvalue weighted by atomic mass is 16.5. The zero-order chi connectivity index (χ0) is 13.2. The highest BCUT2D eigenvalue weighted by Crippen LogP contribution is 2.30. The number of hydrogen-bond acceptors (Lipinski definition) is 3. The predicted octanol–water partition coefficient (Wildman–Crippen LogP) is 1.48. The molecular formula is C13H16N4O. The summed E-state index contributed by atoms with van der Waals surface area (Å²) in [6.45, 7) is 4.03. The van der Waals surface area contributed by atoms with Crippen molar-refractivity contribution in [2.75, 3.05) is 0 Å². The number of ether oxygens (including phenoxy) is 1. The van der Waals surface area contributed by atoms with Gasteiger partial charge in [-0.3, -0.25) is 0 Å². The first-order valence-corrected chi connectivity index (χ1v) is 5.60. The summed E-state index contributed by atoms with van der Waals surface area (Å²) >= 11 is 0. The van der Waals surface area contributed by atoms with Crippen LogP contribution < -0.4 is 16.2 Å². The summed E-state index contributed by atoms with van der Waals surface area (Å²) in [4.78, 5) is 0. The molecule has 5 nitrogen and oxygen atoms in total. The van der Waals surface area contributed by atoms with Crippen molar-refractivity contribution < 1.29 is 4.74 Å². The van der Waals surface area contributed by atoms with E-state index in [1.165, 1.54) is 0 Å². The lowest BCUT2D eigenvalue weighted by Crippen LogP contribution is -2.27. The van der Waals surface area contributed by atoms with Crippen LogP contribution in [0, 0.1) is 0 Å². The molecule has 1 heterocycles. The first-order chi connectivity index (χ1) is 8.46. The summed E-state index contributed by atoms with van der Waals surface area (Å²) in [6.07, 6.45) is 5.65. The zero-order valence-electron chi connectivity index (χ0n) is 10.4. The maximum atomic E-state index is 5.82. The summed E-state index contributed by atoms with van der Waals surface area (Å²) in [5, 5.41) is 7.31. The van der Waals surface area contributed by atoms with Gasteiger partial charge in [0.25, 0.3) is 0 Å². The first kappa shape index (κ1) is 12.2. The molecule has 0 fully saturated rings. The van der Waals surface area contributed by atoms with Gasteiger partial charge in [-0.25, -0.2) is 0 Å². The minimum Gasteiger partial charge on any atom is -0.483 e. The Balaban J connectivity index is 2.24. The molecule has 0 bridgehead atoms. The van der Waals surface area contributed by atoms with Crippen molar-refractivity contribution in [3.63, 3.8) is 0 Å². The molecule has 0 unspecified atom stereocenters. The first-order valence-electron chi connectivity index (χ1n) is 5.60. The lowest BCUT2D eigenvalue weighted by atomic mass is 10.0. The average molecular weight is 244 g/mol. The number of benzene rings is 1. The van der Waals surface area contributed by atoms with E-state index in [9.17, 15) is 0 Å². The third kappa shape index (κ3) is 2.88. The number of rotatable bonds is 2. The SMILES string of the molecule is CC1(C)C=Cc2cc(/C=N/N=C(N)N)ccc2O1. The molecule has 0 aliphatic carbocycles. The van der Waals surface area contributed by atoms with Crippen LogP contribution in [-0.2, 0) is 0 Å². The fourth-order valence-corrected chi connectivity index (χ4v) is 1.64. The lowest BCUT2D eigenvalue weighted by Gasteiger charge is -2.27. The summed E-state index contributed by atoms with van der Waals surface area (Å²) in [5.74, 6) is 0.802. The lowest BCUT2D eigenvalue weighted by molar-refractivity contribution is 0.159. The number of hydrogen-bond donors (Lipinski definition) is 2. The third-order valence-corrected chi connectivity index (χ3v) is 2.45. The quantitative estimate of drug-likeness (QED) is 0.469. The molecule has 5 heteroatoms. The fraction of sp³-hybridized carbons (Fsp3) is 0.231. The molecule has 1 aliphatic heterocycles. The molecule has 1 aliphatic rings. The maximum Gasteiger partial charge on any atom is 0.211 e. The van der Waals surface area contributed by atoms with E-state index in [0.717, 1.165) is 16.9 Å². The van der Waals surface area contributed by atoms with E-state index in [4.69, 9.17) is 16.2 Å². The van der Waals surface area contributed by atoms with E-state index in [-0.39, 0.29) is 11.6 Å². The van der Waals surface area contributed by atoms with E-state index in [1.807, 2.05) is 44.2 Å². The Bertz CT molecular complexity index is 540. The molecule has 18 heavy (non-hydrogen) atoms. The van der Waals surface area contributed by atoms with Crippen molar-refractivity contribution in [1.82, 2.24) is 0 Å². The monoisotopic (exact) mass is 244 g/mol. The van der Waals surface area contributed by atoms with Crippen molar-refractivity contribution in [3.8, 4) is 5.75 Å². The molecule has 4 N–H and O–H groups in total. The Labute approximate surface area is 106 Å². The van der Waals surface area contributed by atoms with E-state index < -0.39 is 0 Å². The maximum absolute atomic E-state index is 5.82. The van der Waals surface area contributed by atoms with Crippen LogP contribution in [0.1, 0.15) is 25.0 Å². The van der Waals surface area contributed by atoms with Gasteiger partial charge >= 0.3 is 0 Å². The summed E-state index contributed by atoms with van der Waals surface area (Å²) in [6, 6.07) is 5.78. The Morgan fingerprint density at radius 1 is 1.33 bits per heavy atom. The molecule has 0 atom stereocenters. The second-order valence-electron chi connectivity index (χ2n) is 4.61. The average Bonchev–Trinajstić information content (AvgIpc) is 2.28. The molecule has 1 aromatic rings. The number of fused-ring (bicyclic) bond motifs is 1. The molecule has 94 valence electrons. The molecule has 2 rings (SSSR count). The minimum atomic E-state index is -0.263. The van der Waals surface area contributed by atoms with Crippen LogP contribution in [0.25, 0.3) is 6.08 Å². The van der Waals surface area contributed by atoms with Crippen LogP contribution in [0.2, 0.25) is 0 Å². The Morgan fingerprint density at radius 3 is 2.83 bits per heavy atom. The van der Waals surface area contributed by atoms with Crippen LogP contribution in [0.15, 0.2) is 34.5 Å². The second-order valence-corrected chi connectivity index (χ2v) is 4.61. The molecule has 1 aromatic carbocycles. The molecule has 0 spiro atoms. The highest BCUT2D eigenvalue weighted by Gasteiger charge is 2.21. The van der Waals surface area contributed by atoms with Gasteiger partial charge in [0.15, 0.2) is 0 Å². The molecule has 0 saturated carbocycles. The van der Waals surface area contributed by atoms with Crippen molar-refractivity contribution in [2.24, 2.45) is 21.7 Å². The largest absolute Gasteiger partial charge is 0.483 e. The minimum absolute atomic E-state index is 0.0609. The Kier molecular flexibility index (Phi) is 3.06. The molecule has 0 radical (unpaired) electrons. The second kappa shape index (κ2) is 4.52. The molecule has 0 saturated heterocycles. The van der Waals surface area contributed by atoms with Crippen molar-refractivity contribution in [3.05, 3.63) is 35.4 Å². The van der Waals surface area contributed by atoms with Gasteiger partial charge in [0.1, 0.15) is 11.4 Å². The van der Waals surface area contributed by atoms with E-state index >= 15 is 0 Å². The summed E-state index contributed by atoms with van der Waals surface area (Å²) in [5.41, 5.74) is 12.0. The van der Waals surface area contributed by atoms with Crippen LogP contribution in [0.3, 0.4) is 0 Å². The van der Waals surface area contributed by atoms with Crippen LogP contribution >= 0.6 is 0 Å². The highest BCUT2D eigenvalue weighted by molar-refractivity contribution is 5.83. The van der Waals surface area contributed by atoms with E-state index in [2.05, 4.69) is 10.2 Å². The normalized spacial score (nSPS) is 16.1. The standard InChI is InChI=1S/C13H16N4O/c1-13(2)6-5-10-7-9(3-4-11(10)18-13)8-16-17-12(14)15/h3-8H,1-2H3,(H4,14,15,17)/b16-8+. The van der Waals surface area contributed by atoms with Crippen molar-refractivity contribution in [2.45, 2.75) is 19.4 Å². The Morgan fingerprint density at radius 2 is 2.11 bits per heavy atom. The Hall–Kier alpha value is -2.30. The smallest absolute Gasteiger partial charge is 0.211 e. The third-order valence-electron chi connectivity index (χ3n) is 2.45. The number of nitrogens with two attached hydrogens (primary N) is 2. The topological polar surface area (TPSA) is 86.0 Å². The molecule has 0 aromatic heterocycles. The van der Waals surface area contributed by atoms with Crippen LogP contribution in [0.5, 0.6) is 5.75 Å². The van der Waals surface area contributed by atoms with Gasteiger partial charge in [-0.2, -0.15) is 5.10 Å². The summed E-state index contributed by atoms with van der Waals surface area (Å²) < 4.78 is 5.82. The van der Waals surface area contributed by atoms with Gasteiger partial charge in [-0.05, 0) is 43.7 Å². The van der Waals surface area contributed by atoms with Gasteiger partial charge in [-0.1, -0.05) is 6.08 Å². The van der Waals surface area contributed by atoms with Gasteiger partial charge < -0.3 is 16.2 Å². The van der Waals surface area contributed by atoms with Gasteiger partial charge in [-0.15, -0.1) is 5.10 Å². The van der Waals surface area contributed by atoms with Crippen LogP contribution in [-0.4, -0.2) is 17.8 Å². The summed E-state index contributed by atoms with van der Waals surface area (Å²) in [7, 11) is 0. The van der Waals surface area contributed by atoms with E-state index in [0.29, 0.717) is 0 Å². The van der Waals surface area contributed by atoms with Gasteiger partial charge in [0.05, 0.1) is 6.21 Å². The van der Waals surface area contributed by atoms with Crippen molar-refractivity contribution in [1.29, 1.82) is 0 Å². The van der Waals surface area contributed by atoms with Crippen LogP contribution in [0.4, 0.5) is 0 Å². The zero-order valence-corrected chi connectivity index (χ0v) is 10.4. The van der Waals surface area contributed by atoms with Crippen molar-refractivity contribution >= 4 is 18.3 Å². The molecule has 0 amide bonds. The predicted molar refractivity (Wildman–Crippen MR) is 73.6 cm³/mol.